The van der Waals surface area contributed by atoms with Crippen LogP contribution in [-0.4, -0.2) is 49.9 Å². The molecule has 0 unspecified atom stereocenters. The first kappa shape index (κ1) is 14.5. The first-order valence-corrected chi connectivity index (χ1v) is 7.01. The van der Waals surface area contributed by atoms with Gasteiger partial charge < -0.3 is 15.5 Å². The number of carbonyl (C=O) groups is 2. The SMILES string of the molecule is CNCCc1ccccc1C(=O)N1CCCNC(=O)C1. The summed E-state index contributed by atoms with van der Waals surface area (Å²) in [5.74, 6) is -0.127. The Balaban J connectivity index is 2.17. The summed E-state index contributed by atoms with van der Waals surface area (Å²) in [6.45, 7) is 2.24. The van der Waals surface area contributed by atoms with Crippen LogP contribution in [0.5, 0.6) is 0 Å². The number of rotatable bonds is 4. The summed E-state index contributed by atoms with van der Waals surface area (Å²) < 4.78 is 0. The second-order valence-corrected chi connectivity index (χ2v) is 4.94. The van der Waals surface area contributed by atoms with Crippen molar-refractivity contribution in [3.8, 4) is 0 Å². The first-order chi connectivity index (χ1) is 9.72. The first-order valence-electron chi connectivity index (χ1n) is 7.01. The number of hydrogen-bond donors (Lipinski definition) is 2. The smallest absolute Gasteiger partial charge is 0.254 e. The van der Waals surface area contributed by atoms with Gasteiger partial charge >= 0.3 is 0 Å². The van der Waals surface area contributed by atoms with Crippen LogP contribution in [0.4, 0.5) is 0 Å². The van der Waals surface area contributed by atoms with Crippen LogP contribution in [-0.2, 0) is 11.2 Å². The van der Waals surface area contributed by atoms with Gasteiger partial charge in [-0.05, 0) is 38.1 Å². The number of benzene rings is 1. The quantitative estimate of drug-likeness (QED) is 0.837. The number of likely N-dealkylation sites (N-methyl/N-ethyl adjacent to an activating group) is 1. The van der Waals surface area contributed by atoms with Crippen LogP contribution in [0, 0.1) is 0 Å². The molecule has 1 aromatic rings. The molecule has 0 radical (unpaired) electrons. The number of amides is 2. The summed E-state index contributed by atoms with van der Waals surface area (Å²) in [4.78, 5) is 25.8. The summed E-state index contributed by atoms with van der Waals surface area (Å²) in [6, 6.07) is 7.63. The Hall–Kier alpha value is -1.88. The molecule has 1 aliphatic heterocycles. The molecule has 1 heterocycles. The predicted octanol–water partition coefficient (Wildman–Crippen LogP) is 0.411. The lowest BCUT2D eigenvalue weighted by molar-refractivity contribution is -0.121. The molecule has 1 aliphatic rings. The van der Waals surface area contributed by atoms with Gasteiger partial charge in [0, 0.05) is 18.7 Å². The molecular weight excluding hydrogens is 254 g/mol. The van der Waals surface area contributed by atoms with Crippen LogP contribution < -0.4 is 10.6 Å². The molecule has 2 amide bonds. The van der Waals surface area contributed by atoms with Crippen LogP contribution in [0.2, 0.25) is 0 Å². The maximum Gasteiger partial charge on any atom is 0.254 e. The Morgan fingerprint density at radius 1 is 1.40 bits per heavy atom. The number of nitrogens with zero attached hydrogens (tertiary/aromatic N) is 1. The molecule has 1 fully saturated rings. The fraction of sp³-hybridized carbons (Fsp3) is 0.467. The molecule has 5 nitrogen and oxygen atoms in total. The highest BCUT2D eigenvalue weighted by Gasteiger charge is 2.22. The molecule has 0 spiro atoms. The maximum atomic E-state index is 12.6. The van der Waals surface area contributed by atoms with Crippen molar-refractivity contribution in [2.45, 2.75) is 12.8 Å². The van der Waals surface area contributed by atoms with Crippen molar-refractivity contribution in [3.63, 3.8) is 0 Å². The molecule has 20 heavy (non-hydrogen) atoms. The van der Waals surface area contributed by atoms with Crippen molar-refractivity contribution < 1.29 is 9.59 Å². The minimum Gasteiger partial charge on any atom is -0.354 e. The number of hydrogen-bond acceptors (Lipinski definition) is 3. The van der Waals surface area contributed by atoms with Gasteiger partial charge in [-0.15, -0.1) is 0 Å². The van der Waals surface area contributed by atoms with Gasteiger partial charge in [0.2, 0.25) is 5.91 Å². The molecule has 2 N–H and O–H groups in total. The molecule has 0 saturated carbocycles. The molecule has 108 valence electrons. The molecule has 5 heteroatoms. The third kappa shape index (κ3) is 3.57. The second kappa shape index (κ2) is 7.05. The molecular formula is C15H21N3O2. The average molecular weight is 275 g/mol. The maximum absolute atomic E-state index is 12.6. The van der Waals surface area contributed by atoms with E-state index in [-0.39, 0.29) is 18.4 Å². The van der Waals surface area contributed by atoms with Crippen LogP contribution in [0.3, 0.4) is 0 Å². The van der Waals surface area contributed by atoms with Crippen molar-refractivity contribution in [1.82, 2.24) is 15.5 Å². The minimum absolute atomic E-state index is 0.0475. The van der Waals surface area contributed by atoms with Gasteiger partial charge in [-0.3, -0.25) is 9.59 Å². The van der Waals surface area contributed by atoms with Gasteiger partial charge in [-0.1, -0.05) is 18.2 Å². The van der Waals surface area contributed by atoms with Crippen molar-refractivity contribution in [1.29, 1.82) is 0 Å². The molecule has 1 saturated heterocycles. The second-order valence-electron chi connectivity index (χ2n) is 4.94. The lowest BCUT2D eigenvalue weighted by atomic mass is 10.0. The normalized spacial score (nSPS) is 15.7. The van der Waals surface area contributed by atoms with Crippen LogP contribution in [0.1, 0.15) is 22.3 Å². The van der Waals surface area contributed by atoms with E-state index < -0.39 is 0 Å². The third-order valence-electron chi connectivity index (χ3n) is 3.44. The monoisotopic (exact) mass is 275 g/mol. The zero-order chi connectivity index (χ0) is 14.4. The van der Waals surface area contributed by atoms with Crippen LogP contribution in [0.25, 0.3) is 0 Å². The van der Waals surface area contributed by atoms with Crippen LogP contribution in [0.15, 0.2) is 24.3 Å². The third-order valence-corrected chi connectivity index (χ3v) is 3.44. The molecule has 0 bridgehead atoms. The van der Waals surface area contributed by atoms with E-state index in [0.29, 0.717) is 18.7 Å². The van der Waals surface area contributed by atoms with E-state index in [0.717, 1.165) is 24.9 Å². The number of nitrogens with one attached hydrogen (secondary N) is 2. The largest absolute Gasteiger partial charge is 0.354 e. The molecule has 0 atom stereocenters. The summed E-state index contributed by atoms with van der Waals surface area (Å²) in [6.07, 6.45) is 1.61. The van der Waals surface area contributed by atoms with Crippen molar-refractivity contribution in [3.05, 3.63) is 35.4 Å². The topological polar surface area (TPSA) is 61.4 Å². The Labute approximate surface area is 119 Å². The summed E-state index contributed by atoms with van der Waals surface area (Å²) >= 11 is 0. The molecule has 0 aliphatic carbocycles. The lowest BCUT2D eigenvalue weighted by Gasteiger charge is -2.20. The van der Waals surface area contributed by atoms with E-state index in [1.165, 1.54) is 0 Å². The van der Waals surface area contributed by atoms with Gasteiger partial charge in [0.25, 0.3) is 5.91 Å². The van der Waals surface area contributed by atoms with E-state index in [2.05, 4.69) is 10.6 Å². The van der Waals surface area contributed by atoms with Gasteiger partial charge in [-0.25, -0.2) is 0 Å². The van der Waals surface area contributed by atoms with Crippen molar-refractivity contribution >= 4 is 11.8 Å². The molecule has 2 rings (SSSR count). The Bertz CT molecular complexity index is 488. The van der Waals surface area contributed by atoms with E-state index in [9.17, 15) is 9.59 Å². The van der Waals surface area contributed by atoms with Crippen molar-refractivity contribution in [2.75, 3.05) is 33.2 Å². The molecule has 0 aromatic heterocycles. The highest BCUT2D eigenvalue weighted by atomic mass is 16.2. The van der Waals surface area contributed by atoms with E-state index in [1.807, 2.05) is 31.3 Å². The average Bonchev–Trinajstić information content (AvgIpc) is 2.69. The molecule has 1 aromatic carbocycles. The summed E-state index contributed by atoms with van der Waals surface area (Å²) in [5, 5.41) is 5.88. The standard InChI is InChI=1S/C15H21N3O2/c1-16-9-7-12-5-2-3-6-13(12)15(20)18-10-4-8-17-14(19)11-18/h2-3,5-6,16H,4,7-11H2,1H3,(H,17,19). The Morgan fingerprint density at radius 3 is 3.00 bits per heavy atom. The van der Waals surface area contributed by atoms with Gasteiger partial charge in [-0.2, -0.15) is 0 Å². The summed E-state index contributed by atoms with van der Waals surface area (Å²) in [5.41, 5.74) is 1.73. The minimum atomic E-state index is -0.0800. The van der Waals surface area contributed by atoms with Gasteiger partial charge in [0.1, 0.15) is 0 Å². The highest BCUT2D eigenvalue weighted by Crippen LogP contribution is 2.13. The fourth-order valence-corrected chi connectivity index (χ4v) is 2.36. The lowest BCUT2D eigenvalue weighted by Crippen LogP contribution is -2.37. The van der Waals surface area contributed by atoms with E-state index in [4.69, 9.17) is 0 Å². The fourth-order valence-electron chi connectivity index (χ4n) is 2.36. The highest BCUT2D eigenvalue weighted by molar-refractivity contribution is 5.97. The number of carbonyl (C=O) groups excluding carboxylic acids is 2. The summed E-state index contributed by atoms with van der Waals surface area (Å²) in [7, 11) is 1.89. The zero-order valence-electron chi connectivity index (χ0n) is 11.8. The van der Waals surface area contributed by atoms with Gasteiger partial charge in [0.05, 0.1) is 6.54 Å². The van der Waals surface area contributed by atoms with Crippen LogP contribution >= 0.6 is 0 Å². The van der Waals surface area contributed by atoms with Crippen molar-refractivity contribution in [2.24, 2.45) is 0 Å². The van der Waals surface area contributed by atoms with Gasteiger partial charge in [0.15, 0.2) is 0 Å². The Morgan fingerprint density at radius 2 is 2.20 bits per heavy atom. The zero-order valence-corrected chi connectivity index (χ0v) is 11.8. The van der Waals surface area contributed by atoms with E-state index in [1.54, 1.807) is 4.90 Å². The predicted molar refractivity (Wildman–Crippen MR) is 77.6 cm³/mol. The van der Waals surface area contributed by atoms with E-state index >= 15 is 0 Å². The Kier molecular flexibility index (Phi) is 5.12.